The van der Waals surface area contributed by atoms with Gasteiger partial charge in [-0.1, -0.05) is 50.0 Å². The first-order valence-electron chi connectivity index (χ1n) is 12.4. The number of hydrogen-bond acceptors (Lipinski definition) is 4. The van der Waals surface area contributed by atoms with Gasteiger partial charge in [-0.25, -0.2) is 0 Å². The molecule has 174 valence electrons. The average molecular weight is 438 g/mol. The van der Waals surface area contributed by atoms with Crippen molar-refractivity contribution in [3.63, 3.8) is 0 Å². The molecule has 0 spiro atoms. The molecular weight excluding hydrogens is 390 g/mol. The maximum absolute atomic E-state index is 10.5. The van der Waals surface area contributed by atoms with E-state index in [0.717, 1.165) is 25.7 Å². The maximum Gasteiger partial charge on any atom is 0.0721 e. The third-order valence-corrected chi connectivity index (χ3v) is 7.96. The molecule has 5 atom stereocenters. The summed E-state index contributed by atoms with van der Waals surface area (Å²) in [5, 5.41) is 20.7. The van der Waals surface area contributed by atoms with E-state index in [1.807, 2.05) is 6.08 Å². The third kappa shape index (κ3) is 8.00. The maximum atomic E-state index is 10.5. The van der Waals surface area contributed by atoms with Gasteiger partial charge in [0, 0.05) is 30.3 Å². The number of allylic oxidation sites excluding steroid dienone is 2. The van der Waals surface area contributed by atoms with Gasteiger partial charge in [0.05, 0.1) is 12.2 Å². The molecule has 4 heteroatoms. The zero-order valence-electron chi connectivity index (χ0n) is 20.1. The summed E-state index contributed by atoms with van der Waals surface area (Å²) in [4.78, 5) is 2.57. The summed E-state index contributed by atoms with van der Waals surface area (Å²) in [5.74, 6) is 3.69. The van der Waals surface area contributed by atoms with E-state index in [1.165, 1.54) is 37.3 Å². The molecule has 0 aromatic rings. The van der Waals surface area contributed by atoms with Crippen molar-refractivity contribution in [3.05, 3.63) is 23.8 Å². The van der Waals surface area contributed by atoms with Crippen LogP contribution in [0.2, 0.25) is 0 Å². The molecule has 0 bridgehead atoms. The topological polar surface area (TPSA) is 43.7 Å². The van der Waals surface area contributed by atoms with Gasteiger partial charge in [-0.2, -0.15) is 11.8 Å². The highest BCUT2D eigenvalue weighted by atomic mass is 32.2. The molecule has 30 heavy (non-hydrogen) atoms. The first kappa shape index (κ1) is 26.0. The van der Waals surface area contributed by atoms with E-state index in [1.54, 1.807) is 5.57 Å². The molecule has 0 aromatic carbocycles. The first-order chi connectivity index (χ1) is 14.3. The molecule has 1 fully saturated rings. The van der Waals surface area contributed by atoms with Crippen molar-refractivity contribution < 1.29 is 10.2 Å². The second kappa shape index (κ2) is 13.3. The van der Waals surface area contributed by atoms with E-state index < -0.39 is 0 Å². The molecular formula is C26H47NO2S. The molecule has 0 radical (unpaired) electrons. The number of aliphatic hydroxyl groups excluding tert-OH is 2. The van der Waals surface area contributed by atoms with Crippen molar-refractivity contribution in [3.8, 4) is 0 Å². The number of unbranched alkanes of at least 4 members (excludes halogenated alkanes) is 2. The van der Waals surface area contributed by atoms with Crippen LogP contribution in [0.1, 0.15) is 79.6 Å². The van der Waals surface area contributed by atoms with Crippen LogP contribution in [0.3, 0.4) is 0 Å². The lowest BCUT2D eigenvalue weighted by Gasteiger charge is -2.30. The van der Waals surface area contributed by atoms with Gasteiger partial charge in [0.1, 0.15) is 0 Å². The fourth-order valence-electron chi connectivity index (χ4n) is 5.33. The fraction of sp³-hybridized carbons (Fsp3) is 0.846. The number of aliphatic hydroxyl groups is 2. The summed E-state index contributed by atoms with van der Waals surface area (Å²) in [6, 6.07) is 1.23. The minimum absolute atomic E-state index is 0.211. The van der Waals surface area contributed by atoms with E-state index in [-0.39, 0.29) is 18.1 Å². The third-order valence-electron chi connectivity index (χ3n) is 7.00. The Balaban J connectivity index is 1.72. The van der Waals surface area contributed by atoms with E-state index in [2.05, 4.69) is 63.4 Å². The molecule has 3 nitrogen and oxygen atoms in total. The number of fused-ring (bicyclic) bond motifs is 1. The Hall–Kier alpha value is -0.290. The summed E-state index contributed by atoms with van der Waals surface area (Å²) in [7, 11) is 0. The summed E-state index contributed by atoms with van der Waals surface area (Å²) in [5.41, 5.74) is 1.59. The summed E-state index contributed by atoms with van der Waals surface area (Å²) in [6.07, 6.45) is 13.4. The zero-order chi connectivity index (χ0) is 22.1. The van der Waals surface area contributed by atoms with Gasteiger partial charge in [0.25, 0.3) is 0 Å². The Morgan fingerprint density at radius 1 is 1.17 bits per heavy atom. The SMILES string of the molecule is CCCCC[C@H](O)/C=C/[C@@H]1[C@H]2CC(CCSCCN(C(C)C)C(C)C)=C[C@H]2C[C@H]1O. The smallest absolute Gasteiger partial charge is 0.0721 e. The van der Waals surface area contributed by atoms with Gasteiger partial charge in [-0.15, -0.1) is 0 Å². The predicted molar refractivity (Wildman–Crippen MR) is 132 cm³/mol. The van der Waals surface area contributed by atoms with Crippen LogP contribution in [0.25, 0.3) is 0 Å². The number of thioether (sulfide) groups is 1. The van der Waals surface area contributed by atoms with Crippen LogP contribution in [0.15, 0.2) is 23.8 Å². The Bertz CT molecular complexity index is 537. The molecule has 0 amide bonds. The molecule has 0 aromatic heterocycles. The second-order valence-corrected chi connectivity index (χ2v) is 11.2. The molecule has 2 aliphatic rings. The highest BCUT2D eigenvalue weighted by Crippen LogP contribution is 2.48. The average Bonchev–Trinajstić information content (AvgIpc) is 3.18. The van der Waals surface area contributed by atoms with E-state index in [4.69, 9.17) is 0 Å². The Labute approximate surface area is 190 Å². The van der Waals surface area contributed by atoms with Crippen molar-refractivity contribution in [1.29, 1.82) is 0 Å². The highest BCUT2D eigenvalue weighted by molar-refractivity contribution is 7.99. The Kier molecular flexibility index (Phi) is 11.5. The molecule has 0 aliphatic heterocycles. The monoisotopic (exact) mass is 437 g/mol. The molecule has 0 heterocycles. The van der Waals surface area contributed by atoms with Crippen molar-refractivity contribution in [1.82, 2.24) is 4.90 Å². The van der Waals surface area contributed by atoms with Crippen LogP contribution in [0, 0.1) is 17.8 Å². The normalized spacial score (nSPS) is 27.6. The van der Waals surface area contributed by atoms with Crippen LogP contribution >= 0.6 is 11.8 Å². The van der Waals surface area contributed by atoms with Gasteiger partial charge < -0.3 is 10.2 Å². The minimum atomic E-state index is -0.357. The molecule has 0 saturated heterocycles. The van der Waals surface area contributed by atoms with Crippen molar-refractivity contribution in [2.24, 2.45) is 17.8 Å². The zero-order valence-corrected chi connectivity index (χ0v) is 20.9. The minimum Gasteiger partial charge on any atom is -0.392 e. The van der Waals surface area contributed by atoms with Crippen LogP contribution in [-0.4, -0.2) is 57.5 Å². The molecule has 2 rings (SSSR count). The second-order valence-electron chi connectivity index (χ2n) is 9.97. The van der Waals surface area contributed by atoms with E-state index in [0.29, 0.717) is 23.9 Å². The summed E-state index contributed by atoms with van der Waals surface area (Å²) in [6.45, 7) is 12.5. The summed E-state index contributed by atoms with van der Waals surface area (Å²) >= 11 is 2.08. The van der Waals surface area contributed by atoms with E-state index in [9.17, 15) is 10.2 Å². The standard InChI is InChI=1S/C26H47NO2S/c1-6-7-8-9-23(28)10-11-24-25-17-21(16-22(25)18-26(24)29)12-14-30-15-13-27(19(2)3)20(4)5/h10-11,16,19-20,22-26,28-29H,6-9,12-15,17-18H2,1-5H3/b11-10+/t22-,23-,24+,25-,26+/m0/s1. The van der Waals surface area contributed by atoms with Gasteiger partial charge in [-0.3, -0.25) is 4.90 Å². The van der Waals surface area contributed by atoms with Crippen molar-refractivity contribution >= 4 is 11.8 Å². The lowest BCUT2D eigenvalue weighted by molar-refractivity contribution is 0.139. The Morgan fingerprint density at radius 2 is 1.90 bits per heavy atom. The predicted octanol–water partition coefficient (Wildman–Crippen LogP) is 5.67. The lowest BCUT2D eigenvalue weighted by Crippen LogP contribution is -2.38. The van der Waals surface area contributed by atoms with Crippen LogP contribution in [0.4, 0.5) is 0 Å². The number of nitrogens with zero attached hydrogens (tertiary/aromatic N) is 1. The first-order valence-corrected chi connectivity index (χ1v) is 13.6. The molecule has 1 saturated carbocycles. The summed E-state index contributed by atoms with van der Waals surface area (Å²) < 4.78 is 0. The Morgan fingerprint density at radius 3 is 2.57 bits per heavy atom. The lowest BCUT2D eigenvalue weighted by atomic mass is 9.88. The number of rotatable bonds is 14. The van der Waals surface area contributed by atoms with Crippen molar-refractivity contribution in [2.45, 2.75) is 104 Å². The van der Waals surface area contributed by atoms with Gasteiger partial charge in [-0.05, 0) is 71.0 Å². The molecule has 0 unspecified atom stereocenters. The van der Waals surface area contributed by atoms with Crippen LogP contribution < -0.4 is 0 Å². The fourth-order valence-corrected chi connectivity index (χ4v) is 6.29. The van der Waals surface area contributed by atoms with E-state index >= 15 is 0 Å². The largest absolute Gasteiger partial charge is 0.392 e. The quantitative estimate of drug-likeness (QED) is 0.271. The van der Waals surface area contributed by atoms with Crippen LogP contribution in [-0.2, 0) is 0 Å². The molecule has 2 N–H and O–H groups in total. The van der Waals surface area contributed by atoms with Crippen molar-refractivity contribution in [2.75, 3.05) is 18.1 Å². The van der Waals surface area contributed by atoms with Crippen LogP contribution in [0.5, 0.6) is 0 Å². The van der Waals surface area contributed by atoms with Gasteiger partial charge in [0.15, 0.2) is 0 Å². The number of hydrogen-bond donors (Lipinski definition) is 2. The van der Waals surface area contributed by atoms with Gasteiger partial charge >= 0.3 is 0 Å². The van der Waals surface area contributed by atoms with Gasteiger partial charge in [0.2, 0.25) is 0 Å². The highest BCUT2D eigenvalue weighted by Gasteiger charge is 2.43. The molecule has 2 aliphatic carbocycles.